The Bertz CT molecular complexity index is 719. The molecule has 0 unspecified atom stereocenters. The van der Waals surface area contributed by atoms with Crippen LogP contribution in [0.4, 0.5) is 5.69 Å². The van der Waals surface area contributed by atoms with Crippen molar-refractivity contribution in [2.45, 2.75) is 13.8 Å². The second-order valence-corrected chi connectivity index (χ2v) is 5.55. The number of aromatic nitrogens is 1. The highest BCUT2D eigenvalue weighted by atomic mass is 32.1. The number of aliphatic carboxylic acids is 1. The molecule has 0 spiro atoms. The number of carboxylic acids is 1. The van der Waals surface area contributed by atoms with E-state index in [1.165, 1.54) is 17.4 Å². The van der Waals surface area contributed by atoms with Crippen LogP contribution in [0.5, 0.6) is 0 Å². The Labute approximate surface area is 126 Å². The lowest BCUT2D eigenvalue weighted by Gasteiger charge is -2.03. The highest BCUT2D eigenvalue weighted by molar-refractivity contribution is 7.15. The maximum Gasteiger partial charge on any atom is 0.328 e. The van der Waals surface area contributed by atoms with E-state index in [0.717, 1.165) is 22.2 Å². The van der Waals surface area contributed by atoms with Crippen molar-refractivity contribution in [1.82, 2.24) is 4.98 Å². The van der Waals surface area contributed by atoms with Gasteiger partial charge in [-0.25, -0.2) is 4.79 Å². The third-order valence-electron chi connectivity index (χ3n) is 2.71. The molecule has 0 aromatic carbocycles. The van der Waals surface area contributed by atoms with Gasteiger partial charge in [0.05, 0.1) is 4.88 Å². The van der Waals surface area contributed by atoms with Crippen LogP contribution in [-0.4, -0.2) is 22.0 Å². The Morgan fingerprint density at radius 1 is 1.33 bits per heavy atom. The Balaban J connectivity index is 2.16. The van der Waals surface area contributed by atoms with Crippen LogP contribution in [0.1, 0.15) is 25.8 Å². The predicted molar refractivity (Wildman–Crippen MR) is 82.7 cm³/mol. The molecule has 1 amide bonds. The van der Waals surface area contributed by atoms with Crippen molar-refractivity contribution in [3.63, 3.8) is 0 Å². The molecule has 0 bridgehead atoms. The molecule has 0 aliphatic heterocycles. The lowest BCUT2D eigenvalue weighted by Crippen LogP contribution is -2.10. The molecule has 0 saturated heterocycles. The van der Waals surface area contributed by atoms with E-state index in [1.807, 2.05) is 13.8 Å². The van der Waals surface area contributed by atoms with Gasteiger partial charge in [0.25, 0.3) is 5.91 Å². The first-order valence-corrected chi connectivity index (χ1v) is 7.03. The summed E-state index contributed by atoms with van der Waals surface area (Å²) in [5.41, 5.74) is 2.37. The summed E-state index contributed by atoms with van der Waals surface area (Å²) in [6.45, 7) is 3.69. The van der Waals surface area contributed by atoms with E-state index in [2.05, 4.69) is 10.3 Å². The number of rotatable bonds is 4. The van der Waals surface area contributed by atoms with Crippen LogP contribution in [0.3, 0.4) is 0 Å². The van der Waals surface area contributed by atoms with Gasteiger partial charge in [-0.15, -0.1) is 11.3 Å². The molecule has 0 aliphatic rings. The van der Waals surface area contributed by atoms with E-state index < -0.39 is 5.97 Å². The van der Waals surface area contributed by atoms with E-state index in [-0.39, 0.29) is 5.91 Å². The van der Waals surface area contributed by atoms with Crippen molar-refractivity contribution in [3.8, 4) is 0 Å². The summed E-state index contributed by atoms with van der Waals surface area (Å²) in [6, 6.07) is 5.25. The van der Waals surface area contributed by atoms with Crippen LogP contribution in [0.2, 0.25) is 0 Å². The number of carbonyl (C=O) groups is 2. The molecular formula is C15H14N2O3S. The minimum absolute atomic E-state index is 0.219. The van der Waals surface area contributed by atoms with Gasteiger partial charge in [-0.3, -0.25) is 9.78 Å². The zero-order valence-electron chi connectivity index (χ0n) is 11.6. The largest absolute Gasteiger partial charge is 0.478 e. The highest BCUT2D eigenvalue weighted by Gasteiger charge is 2.11. The summed E-state index contributed by atoms with van der Waals surface area (Å²) in [4.78, 5) is 28.1. The number of carboxylic acid groups (broad SMARTS) is 1. The van der Waals surface area contributed by atoms with E-state index >= 15 is 0 Å². The van der Waals surface area contributed by atoms with E-state index in [1.54, 1.807) is 24.4 Å². The first-order chi connectivity index (χ1) is 9.95. The minimum atomic E-state index is -1.01. The normalized spacial score (nSPS) is 10.8. The molecule has 108 valence electrons. The molecule has 2 rings (SSSR count). The second-order valence-electron chi connectivity index (χ2n) is 4.47. The van der Waals surface area contributed by atoms with Crippen molar-refractivity contribution in [3.05, 3.63) is 51.5 Å². The van der Waals surface area contributed by atoms with Crippen LogP contribution >= 0.6 is 11.3 Å². The van der Waals surface area contributed by atoms with Crippen LogP contribution < -0.4 is 5.32 Å². The average Bonchev–Trinajstić information content (AvgIpc) is 2.78. The third-order valence-corrected chi connectivity index (χ3v) is 3.91. The fraction of sp³-hybridized carbons (Fsp3) is 0.133. The zero-order valence-corrected chi connectivity index (χ0v) is 12.4. The van der Waals surface area contributed by atoms with Gasteiger partial charge in [0, 0.05) is 28.5 Å². The van der Waals surface area contributed by atoms with E-state index in [9.17, 15) is 9.59 Å². The van der Waals surface area contributed by atoms with E-state index in [4.69, 9.17) is 5.11 Å². The zero-order chi connectivity index (χ0) is 15.4. The summed E-state index contributed by atoms with van der Waals surface area (Å²) < 4.78 is 0. The number of amides is 1. The third kappa shape index (κ3) is 4.00. The maximum atomic E-state index is 12.2. The number of anilines is 1. The molecule has 2 aromatic rings. The number of nitrogens with zero attached hydrogens (tertiary/aromatic N) is 1. The van der Waals surface area contributed by atoms with Gasteiger partial charge < -0.3 is 10.4 Å². The Hall–Kier alpha value is -2.47. The maximum absolute atomic E-state index is 12.2. The second kappa shape index (κ2) is 6.32. The molecule has 2 N–H and O–H groups in total. The summed E-state index contributed by atoms with van der Waals surface area (Å²) in [6.07, 6.45) is 4.19. The predicted octanol–water partition coefficient (Wildman–Crippen LogP) is 3.11. The Morgan fingerprint density at radius 3 is 2.76 bits per heavy atom. The lowest BCUT2D eigenvalue weighted by atomic mass is 10.2. The fourth-order valence-electron chi connectivity index (χ4n) is 1.74. The first kappa shape index (κ1) is 14.9. The SMILES string of the molecule is Cc1cc(NC(=O)c2cc(C)c(/C=C/C(=O)O)s2)ccn1. The molecule has 2 aromatic heterocycles. The van der Waals surface area contributed by atoms with Gasteiger partial charge in [-0.2, -0.15) is 0 Å². The molecule has 6 heteroatoms. The average molecular weight is 302 g/mol. The van der Waals surface area contributed by atoms with Crippen molar-refractivity contribution >= 4 is 35.0 Å². The molecule has 0 radical (unpaired) electrons. The smallest absolute Gasteiger partial charge is 0.328 e. The standard InChI is InChI=1S/C15H14N2O3S/c1-9-7-13(21-12(9)3-4-14(18)19)15(20)17-11-5-6-16-10(2)8-11/h3-8H,1-2H3,(H,18,19)(H,16,17,20)/b4-3+. The van der Waals surface area contributed by atoms with Crippen molar-refractivity contribution in [2.24, 2.45) is 0 Å². The Kier molecular flexibility index (Phi) is 4.49. The Morgan fingerprint density at radius 2 is 2.10 bits per heavy atom. The van der Waals surface area contributed by atoms with Crippen molar-refractivity contribution < 1.29 is 14.7 Å². The molecule has 0 aliphatic carbocycles. The number of thiophene rings is 1. The fourth-order valence-corrected chi connectivity index (χ4v) is 2.71. The number of aryl methyl sites for hydroxylation is 2. The molecule has 0 saturated carbocycles. The molecule has 2 heterocycles. The van der Waals surface area contributed by atoms with Crippen molar-refractivity contribution in [2.75, 3.05) is 5.32 Å². The summed E-state index contributed by atoms with van der Waals surface area (Å²) >= 11 is 1.26. The van der Waals surface area contributed by atoms with Crippen LogP contribution in [-0.2, 0) is 4.79 Å². The van der Waals surface area contributed by atoms with Gasteiger partial charge in [0.15, 0.2) is 0 Å². The summed E-state index contributed by atoms with van der Waals surface area (Å²) in [7, 11) is 0. The number of carbonyl (C=O) groups excluding carboxylic acids is 1. The minimum Gasteiger partial charge on any atom is -0.478 e. The topological polar surface area (TPSA) is 79.3 Å². The molecular weight excluding hydrogens is 288 g/mol. The van der Waals surface area contributed by atoms with Crippen LogP contribution in [0.15, 0.2) is 30.5 Å². The molecule has 21 heavy (non-hydrogen) atoms. The number of nitrogens with one attached hydrogen (secondary N) is 1. The van der Waals surface area contributed by atoms with Crippen LogP contribution in [0.25, 0.3) is 6.08 Å². The molecule has 5 nitrogen and oxygen atoms in total. The molecule has 0 atom stereocenters. The van der Waals surface area contributed by atoms with Crippen LogP contribution in [0, 0.1) is 13.8 Å². The van der Waals surface area contributed by atoms with E-state index in [0.29, 0.717) is 10.6 Å². The quantitative estimate of drug-likeness (QED) is 0.850. The number of pyridine rings is 1. The van der Waals surface area contributed by atoms with Crippen molar-refractivity contribution in [1.29, 1.82) is 0 Å². The van der Waals surface area contributed by atoms with Gasteiger partial charge in [-0.1, -0.05) is 0 Å². The van der Waals surface area contributed by atoms with Gasteiger partial charge in [0.1, 0.15) is 0 Å². The summed E-state index contributed by atoms with van der Waals surface area (Å²) in [5.74, 6) is -1.23. The van der Waals surface area contributed by atoms with Gasteiger partial charge in [0.2, 0.25) is 0 Å². The first-order valence-electron chi connectivity index (χ1n) is 6.21. The monoisotopic (exact) mass is 302 g/mol. The lowest BCUT2D eigenvalue weighted by molar-refractivity contribution is -0.131. The van der Waals surface area contributed by atoms with Gasteiger partial charge in [-0.05, 0) is 43.7 Å². The van der Waals surface area contributed by atoms with Gasteiger partial charge >= 0.3 is 5.97 Å². The molecule has 0 fully saturated rings. The highest BCUT2D eigenvalue weighted by Crippen LogP contribution is 2.24. The number of hydrogen-bond acceptors (Lipinski definition) is 4. The number of hydrogen-bond donors (Lipinski definition) is 2. The summed E-state index contributed by atoms with van der Waals surface area (Å²) in [5, 5.41) is 11.4.